The topological polar surface area (TPSA) is 288 Å². The Hall–Kier alpha value is -7.80. The molecule has 0 aliphatic heterocycles. The number of aliphatic carboxylic acids is 1. The van der Waals surface area contributed by atoms with Crippen molar-refractivity contribution in [1.29, 1.82) is 0 Å². The summed E-state index contributed by atoms with van der Waals surface area (Å²) in [6, 6.07) is 23.5. The maximum absolute atomic E-state index is 14.2. The lowest BCUT2D eigenvalue weighted by Gasteiger charge is -2.32. The number of ether oxygens (including phenoxy) is 1. The van der Waals surface area contributed by atoms with Gasteiger partial charge in [0.25, 0.3) is 5.91 Å². The number of hydrogen-bond acceptors (Lipinski definition) is 11. The molecule has 4 aromatic carbocycles. The molecule has 19 nitrogen and oxygen atoms in total. The van der Waals surface area contributed by atoms with Gasteiger partial charge in [0, 0.05) is 12.8 Å². The van der Waals surface area contributed by atoms with E-state index in [2.05, 4.69) is 49.4 Å². The van der Waals surface area contributed by atoms with Crippen molar-refractivity contribution in [2.75, 3.05) is 6.54 Å². The minimum Gasteiger partial charge on any atom is -0.480 e. The van der Waals surface area contributed by atoms with Gasteiger partial charge in [0.1, 0.15) is 30.8 Å². The van der Waals surface area contributed by atoms with Crippen LogP contribution in [0.5, 0.6) is 0 Å². The fraction of sp³-hybridized carbons (Fsp3) is 0.507. The third-order valence-electron chi connectivity index (χ3n) is 17.4. The van der Waals surface area contributed by atoms with E-state index >= 15 is 0 Å². The molecule has 4 aliphatic rings. The highest BCUT2D eigenvalue weighted by Crippen LogP contribution is 2.30. The second kappa shape index (κ2) is 34.7. The molecule has 7 atom stereocenters. The van der Waals surface area contributed by atoms with E-state index in [1.165, 1.54) is 16.7 Å². The molecule has 0 heterocycles. The highest BCUT2D eigenvalue weighted by Gasteiger charge is 2.37. The Labute approximate surface area is 519 Å². The molecular weight excluding hydrogens is 1120 g/mol. The van der Waals surface area contributed by atoms with Crippen LogP contribution in [0.4, 0.5) is 9.59 Å². The first-order chi connectivity index (χ1) is 42.5. The number of fused-ring (bicyclic) bond motifs is 2. The van der Waals surface area contributed by atoms with Gasteiger partial charge < -0.3 is 52.2 Å². The molecule has 21 heteroatoms. The number of hydrogen-bond donors (Lipinski definition) is 9. The van der Waals surface area contributed by atoms with Crippen LogP contribution in [-0.2, 0) is 83.4 Å². The third kappa shape index (κ3) is 20.4. The first-order valence-electron chi connectivity index (χ1n) is 31.4. The maximum atomic E-state index is 14.2. The van der Waals surface area contributed by atoms with Crippen LogP contribution in [0.1, 0.15) is 160 Å². The average molecular weight is 1200 g/mol. The summed E-state index contributed by atoms with van der Waals surface area (Å²) in [5, 5.41) is 39.6. The SMILES string of the molecule is [B]C(=O)N[C@H](C(=O)N[C@@H](Cc1cccc2c1CCCC2)C(=O)NC(CCC)C(O)C(=O)NCC(=O)N[C@H](C(=O)OCc1ccccc1)c1ccccc1)C1CCCCC1.[B]C(=O)N[C@H](C(=O)N[C@@H](Cc1cccc2c1CCCC2)C(=O)O)C1CCCCC1. The molecule has 0 bridgehead atoms. The monoisotopic (exact) mass is 1200 g/mol. The van der Waals surface area contributed by atoms with Crippen LogP contribution < -0.4 is 37.2 Å². The quantitative estimate of drug-likeness (QED) is 0.0248. The van der Waals surface area contributed by atoms with Crippen LogP contribution in [0.2, 0.25) is 0 Å². The number of carbonyl (C=O) groups is 9. The maximum Gasteiger partial charge on any atom is 0.333 e. The Kier molecular flexibility index (Phi) is 26.7. The minimum absolute atomic E-state index is 0.00417. The second-order valence-electron chi connectivity index (χ2n) is 23.7. The van der Waals surface area contributed by atoms with Gasteiger partial charge in [-0.05, 0) is 140 Å². The summed E-state index contributed by atoms with van der Waals surface area (Å²) in [5.41, 5.74) is 7.98. The zero-order chi connectivity index (χ0) is 63.0. The number of nitrogens with one attached hydrogen (secondary N) is 7. The van der Waals surface area contributed by atoms with Crippen LogP contribution in [0, 0.1) is 11.8 Å². The highest BCUT2D eigenvalue weighted by molar-refractivity contribution is 6.57. The summed E-state index contributed by atoms with van der Waals surface area (Å²) in [6.07, 6.45) is 16.4. The van der Waals surface area contributed by atoms with Crippen molar-refractivity contribution >= 4 is 68.8 Å². The number of aliphatic hydroxyl groups is 1. The smallest absolute Gasteiger partial charge is 0.333 e. The van der Waals surface area contributed by atoms with E-state index in [0.29, 0.717) is 12.0 Å². The van der Waals surface area contributed by atoms with Crippen LogP contribution in [-0.4, -0.2) is 122 Å². The second-order valence-corrected chi connectivity index (χ2v) is 23.7. The number of aryl methyl sites for hydroxylation is 2. The van der Waals surface area contributed by atoms with E-state index in [9.17, 15) is 53.4 Å². The molecule has 2 saturated carbocycles. The van der Waals surface area contributed by atoms with Gasteiger partial charge in [0.15, 0.2) is 23.8 Å². The van der Waals surface area contributed by atoms with E-state index < -0.39 is 102 Å². The lowest BCUT2D eigenvalue weighted by atomic mass is 9.82. The number of carboxylic acid groups (broad SMARTS) is 1. The Bertz CT molecular complexity index is 3010. The van der Waals surface area contributed by atoms with Crippen molar-refractivity contribution in [2.24, 2.45) is 11.8 Å². The van der Waals surface area contributed by atoms with Gasteiger partial charge in [0.2, 0.25) is 39.3 Å². The van der Waals surface area contributed by atoms with Crippen molar-refractivity contribution in [1.82, 2.24) is 37.2 Å². The predicted octanol–water partition coefficient (Wildman–Crippen LogP) is 6.29. The summed E-state index contributed by atoms with van der Waals surface area (Å²) in [7, 11) is 10.8. The van der Waals surface area contributed by atoms with Gasteiger partial charge in [-0.15, -0.1) is 0 Å². The third-order valence-corrected chi connectivity index (χ3v) is 17.4. The zero-order valence-electron chi connectivity index (χ0n) is 50.5. The van der Waals surface area contributed by atoms with E-state index in [0.717, 1.165) is 138 Å². The molecule has 8 rings (SSSR count). The summed E-state index contributed by atoms with van der Waals surface area (Å²) < 4.78 is 5.50. The highest BCUT2D eigenvalue weighted by atomic mass is 16.5. The summed E-state index contributed by atoms with van der Waals surface area (Å²) in [4.78, 5) is 116. The number of aliphatic hydroxyl groups excluding tert-OH is 1. The molecule has 2 fully saturated rings. The fourth-order valence-electron chi connectivity index (χ4n) is 12.8. The van der Waals surface area contributed by atoms with Crippen molar-refractivity contribution in [3.63, 3.8) is 0 Å². The van der Waals surface area contributed by atoms with Crippen molar-refractivity contribution < 1.29 is 58.1 Å². The largest absolute Gasteiger partial charge is 0.480 e. The zero-order valence-corrected chi connectivity index (χ0v) is 50.5. The Morgan fingerprint density at radius 3 is 1.52 bits per heavy atom. The minimum atomic E-state index is -1.76. The van der Waals surface area contributed by atoms with Crippen LogP contribution in [0.3, 0.4) is 0 Å². The molecule has 0 spiro atoms. The molecule has 88 heavy (non-hydrogen) atoms. The van der Waals surface area contributed by atoms with E-state index in [1.54, 1.807) is 30.3 Å². The number of amides is 7. The molecule has 0 saturated heterocycles. The molecule has 9 N–H and O–H groups in total. The van der Waals surface area contributed by atoms with E-state index in [4.69, 9.17) is 20.4 Å². The first kappa shape index (κ1) is 67.7. The standard InChI is InChI=1S/C45H56BN5O8.C22H29BN2O4/c1-2-15-35(40(53)43(56)47-27-37(52)50-39(32-21-10-5-11-22-32)44(57)59-28-29-16-6-3-7-17-29)48-41(54)36(26-33-24-14-23-30-18-12-13-25-34(30)33)49-42(55)38(51-45(46)58)31-19-8-4-9-20-31;23-22(29)25-19(15-8-2-1-3-9-15)20(26)24-18(21(27)28)13-16-11-6-10-14-7-4-5-12-17(14)16/h3,5-7,10-11,14,16-17,21-24,31,35-36,38-40,53H,2,4,8-9,12-13,15,18-20,25-28H2,1H3,(H,47,56)(H,48,54)(H,49,55)(H,50,52)(H,51,58);6,10-11,15,18-19H,1-5,7-9,12-13H2,(H,24,26)(H,25,29)(H,27,28)/t35?,36-,38-,39-,40?;18-,19-/m00/s1. The van der Waals surface area contributed by atoms with Gasteiger partial charge in [-0.1, -0.05) is 149 Å². The number of rotatable bonds is 26. The van der Waals surface area contributed by atoms with Crippen molar-refractivity contribution in [3.8, 4) is 0 Å². The Balaban J connectivity index is 0.000000317. The molecule has 4 aliphatic carbocycles. The van der Waals surface area contributed by atoms with Crippen LogP contribution in [0.15, 0.2) is 97.1 Å². The molecule has 0 aromatic heterocycles. The first-order valence-corrected chi connectivity index (χ1v) is 31.4. The number of carboxylic acids is 1. The van der Waals surface area contributed by atoms with Crippen molar-refractivity contribution in [3.05, 3.63) is 142 Å². The molecule has 466 valence electrons. The molecular formula is C67H85B2N7O12. The molecule has 4 radical (unpaired) electrons. The van der Waals surface area contributed by atoms with Crippen LogP contribution in [0.25, 0.3) is 0 Å². The molecule has 7 amide bonds. The summed E-state index contributed by atoms with van der Waals surface area (Å²) in [6.45, 7) is 1.25. The van der Waals surface area contributed by atoms with E-state index in [1.807, 2.05) is 61.5 Å². The summed E-state index contributed by atoms with van der Waals surface area (Å²) >= 11 is 0. The van der Waals surface area contributed by atoms with Crippen LogP contribution >= 0.6 is 0 Å². The summed E-state index contributed by atoms with van der Waals surface area (Å²) in [5.74, 6) is -6.78. The normalized spacial score (nSPS) is 17.2. The van der Waals surface area contributed by atoms with Gasteiger partial charge >= 0.3 is 11.9 Å². The van der Waals surface area contributed by atoms with E-state index in [-0.39, 0.29) is 37.7 Å². The number of benzene rings is 4. The van der Waals surface area contributed by atoms with Gasteiger partial charge in [0.05, 0.1) is 12.6 Å². The lowest BCUT2D eigenvalue weighted by molar-refractivity contribution is -0.149. The predicted molar refractivity (Wildman–Crippen MR) is 334 cm³/mol. The van der Waals surface area contributed by atoms with Crippen molar-refractivity contribution in [2.45, 2.75) is 197 Å². The Morgan fingerprint density at radius 2 is 1.02 bits per heavy atom. The van der Waals surface area contributed by atoms with Gasteiger partial charge in [-0.3, -0.25) is 33.6 Å². The molecule has 2 unspecified atom stereocenters. The Morgan fingerprint density at radius 1 is 0.534 bits per heavy atom. The number of esters is 1. The lowest BCUT2D eigenvalue weighted by Crippen LogP contribution is -2.59. The molecule has 4 aromatic rings. The fourth-order valence-corrected chi connectivity index (χ4v) is 12.8. The van der Waals surface area contributed by atoms with Gasteiger partial charge in [-0.2, -0.15) is 0 Å². The average Bonchev–Trinajstić information content (AvgIpc) is 2.28. The van der Waals surface area contributed by atoms with Gasteiger partial charge in [-0.25, -0.2) is 9.59 Å². The number of carbonyl (C=O) groups excluding carboxylic acids is 8.